The average molecular weight is 452 g/mol. The van der Waals surface area contributed by atoms with E-state index in [1.807, 2.05) is 30.3 Å². The minimum atomic E-state index is -3.71. The summed E-state index contributed by atoms with van der Waals surface area (Å²) < 4.78 is 28.6. The van der Waals surface area contributed by atoms with E-state index in [0.717, 1.165) is 23.1 Å². The first kappa shape index (κ1) is 23.5. The van der Waals surface area contributed by atoms with Gasteiger partial charge in [0.05, 0.1) is 16.1 Å². The summed E-state index contributed by atoms with van der Waals surface area (Å²) in [6.45, 7) is 6.26. The van der Waals surface area contributed by atoms with Crippen LogP contribution in [0.3, 0.4) is 0 Å². The highest BCUT2D eigenvalue weighted by Crippen LogP contribution is 2.26. The molecule has 0 aliphatic carbocycles. The number of carboxylic acid groups (broad SMARTS) is 1. The van der Waals surface area contributed by atoms with E-state index >= 15 is 0 Å². The van der Waals surface area contributed by atoms with Crippen LogP contribution < -0.4 is 4.72 Å². The molecular weight excluding hydrogens is 422 g/mol. The molecule has 6 heteroatoms. The van der Waals surface area contributed by atoms with Gasteiger partial charge in [0.25, 0.3) is 10.0 Å². The Morgan fingerprint density at radius 2 is 1.59 bits per heavy atom. The van der Waals surface area contributed by atoms with Gasteiger partial charge < -0.3 is 5.11 Å². The summed E-state index contributed by atoms with van der Waals surface area (Å²) in [6, 6.07) is 21.3. The summed E-state index contributed by atoms with van der Waals surface area (Å²) in [6.07, 6.45) is 2.14. The second-order valence-corrected chi connectivity index (χ2v) is 10.6. The van der Waals surface area contributed by atoms with Crippen LogP contribution in [-0.2, 0) is 28.3 Å². The Hall–Kier alpha value is -3.12. The van der Waals surface area contributed by atoms with Gasteiger partial charge in [-0.1, -0.05) is 63.2 Å². The highest BCUT2D eigenvalue weighted by atomic mass is 32.2. The lowest BCUT2D eigenvalue weighted by atomic mass is 9.87. The molecule has 2 N–H and O–H groups in total. The molecule has 0 amide bonds. The van der Waals surface area contributed by atoms with Crippen LogP contribution in [0.2, 0.25) is 0 Å². The molecule has 32 heavy (non-hydrogen) atoms. The Morgan fingerprint density at radius 3 is 2.25 bits per heavy atom. The molecule has 0 unspecified atom stereocenters. The van der Waals surface area contributed by atoms with Crippen molar-refractivity contribution < 1.29 is 18.3 Å². The van der Waals surface area contributed by atoms with Crippen molar-refractivity contribution in [3.63, 3.8) is 0 Å². The van der Waals surface area contributed by atoms with Crippen LogP contribution >= 0.6 is 0 Å². The van der Waals surface area contributed by atoms with E-state index in [2.05, 4.69) is 25.5 Å². The van der Waals surface area contributed by atoms with Crippen LogP contribution in [0.5, 0.6) is 0 Å². The van der Waals surface area contributed by atoms with Gasteiger partial charge in [0, 0.05) is 0 Å². The number of nitrogens with one attached hydrogen (secondary N) is 1. The monoisotopic (exact) mass is 451 g/mol. The number of para-hydroxylation sites is 1. The van der Waals surface area contributed by atoms with Crippen molar-refractivity contribution in [2.75, 3.05) is 4.72 Å². The maximum absolute atomic E-state index is 12.9. The molecule has 0 atom stereocenters. The molecule has 0 spiro atoms. The van der Waals surface area contributed by atoms with Crippen LogP contribution in [0.25, 0.3) is 0 Å². The lowest BCUT2D eigenvalue weighted by Gasteiger charge is -2.19. The van der Waals surface area contributed by atoms with Gasteiger partial charge in [-0.25, -0.2) is 13.2 Å². The van der Waals surface area contributed by atoms with Crippen molar-refractivity contribution >= 4 is 21.7 Å². The Balaban J connectivity index is 1.71. The molecule has 0 aliphatic rings. The quantitative estimate of drug-likeness (QED) is 0.463. The fraction of sp³-hybridized carbons (Fsp3) is 0.269. The number of carbonyl (C=O) groups is 1. The van der Waals surface area contributed by atoms with Gasteiger partial charge in [-0.05, 0) is 71.7 Å². The molecule has 0 saturated carbocycles. The molecule has 3 aromatic rings. The first-order chi connectivity index (χ1) is 15.1. The van der Waals surface area contributed by atoms with E-state index in [1.54, 1.807) is 42.5 Å². The SMILES string of the molecule is CC(C)(C)c1ccc(S(=O)(=O)Nc2ccccc2CCCc2cccc(C(=O)O)c2)cc1. The van der Waals surface area contributed by atoms with Crippen molar-refractivity contribution in [3.8, 4) is 0 Å². The molecular formula is C26H29NO4S. The summed E-state index contributed by atoms with van der Waals surface area (Å²) in [5.74, 6) is -0.942. The molecule has 0 bridgehead atoms. The second kappa shape index (κ2) is 9.57. The maximum Gasteiger partial charge on any atom is 0.335 e. The van der Waals surface area contributed by atoms with Gasteiger partial charge in [0.2, 0.25) is 0 Å². The molecule has 168 valence electrons. The second-order valence-electron chi connectivity index (χ2n) is 8.90. The molecule has 3 rings (SSSR count). The highest BCUT2D eigenvalue weighted by Gasteiger charge is 2.18. The number of anilines is 1. The van der Waals surface area contributed by atoms with E-state index in [4.69, 9.17) is 5.11 Å². The van der Waals surface area contributed by atoms with E-state index < -0.39 is 16.0 Å². The summed E-state index contributed by atoms with van der Waals surface area (Å²) >= 11 is 0. The van der Waals surface area contributed by atoms with Crippen LogP contribution in [0.4, 0.5) is 5.69 Å². The normalized spacial score (nSPS) is 11.8. The Labute approximate surface area is 190 Å². The Bertz CT molecular complexity index is 1190. The third-order valence-corrected chi connectivity index (χ3v) is 6.76. The number of hydrogen-bond acceptors (Lipinski definition) is 3. The number of carboxylic acids is 1. The average Bonchev–Trinajstić information content (AvgIpc) is 2.74. The van der Waals surface area contributed by atoms with Gasteiger partial charge in [0.1, 0.15) is 0 Å². The number of hydrogen-bond donors (Lipinski definition) is 2. The van der Waals surface area contributed by atoms with Crippen molar-refractivity contribution in [2.24, 2.45) is 0 Å². The lowest BCUT2D eigenvalue weighted by molar-refractivity contribution is 0.0696. The summed E-state index contributed by atoms with van der Waals surface area (Å²) in [5, 5.41) is 9.14. The highest BCUT2D eigenvalue weighted by molar-refractivity contribution is 7.92. The maximum atomic E-state index is 12.9. The number of sulfonamides is 1. The largest absolute Gasteiger partial charge is 0.478 e. The molecule has 0 aliphatic heterocycles. The molecule has 3 aromatic carbocycles. The van der Waals surface area contributed by atoms with Gasteiger partial charge in [-0.15, -0.1) is 0 Å². The van der Waals surface area contributed by atoms with Crippen molar-refractivity contribution in [2.45, 2.75) is 50.3 Å². The molecule has 0 fully saturated rings. The van der Waals surface area contributed by atoms with Gasteiger partial charge in [-0.2, -0.15) is 0 Å². The van der Waals surface area contributed by atoms with E-state index in [-0.39, 0.29) is 15.9 Å². The molecule has 0 heterocycles. The van der Waals surface area contributed by atoms with Gasteiger partial charge in [-0.3, -0.25) is 4.72 Å². The predicted molar refractivity (Wildman–Crippen MR) is 128 cm³/mol. The molecule has 0 radical (unpaired) electrons. The summed E-state index contributed by atoms with van der Waals surface area (Å²) in [5.41, 5.74) is 3.70. The summed E-state index contributed by atoms with van der Waals surface area (Å²) in [4.78, 5) is 11.4. The smallest absolute Gasteiger partial charge is 0.335 e. The molecule has 0 aromatic heterocycles. The minimum Gasteiger partial charge on any atom is -0.478 e. The first-order valence-corrected chi connectivity index (χ1v) is 12.1. The van der Waals surface area contributed by atoms with Crippen molar-refractivity contribution in [1.82, 2.24) is 0 Å². The van der Waals surface area contributed by atoms with Crippen molar-refractivity contribution in [3.05, 3.63) is 95.1 Å². The fourth-order valence-corrected chi connectivity index (χ4v) is 4.62. The molecule has 5 nitrogen and oxygen atoms in total. The van der Waals surface area contributed by atoms with Crippen LogP contribution in [-0.4, -0.2) is 19.5 Å². The van der Waals surface area contributed by atoms with E-state index in [0.29, 0.717) is 18.5 Å². The Kier molecular flexibility index (Phi) is 7.04. The van der Waals surface area contributed by atoms with Crippen molar-refractivity contribution in [1.29, 1.82) is 0 Å². The molecule has 0 saturated heterocycles. The zero-order chi connectivity index (χ0) is 23.4. The minimum absolute atomic E-state index is 0.0493. The van der Waals surface area contributed by atoms with E-state index in [1.165, 1.54) is 0 Å². The first-order valence-electron chi connectivity index (χ1n) is 10.6. The van der Waals surface area contributed by atoms with Crippen LogP contribution in [0.15, 0.2) is 77.7 Å². The van der Waals surface area contributed by atoms with Crippen LogP contribution in [0, 0.1) is 0 Å². The Morgan fingerprint density at radius 1 is 0.906 bits per heavy atom. The topological polar surface area (TPSA) is 83.5 Å². The third-order valence-electron chi connectivity index (χ3n) is 5.38. The van der Waals surface area contributed by atoms with E-state index in [9.17, 15) is 13.2 Å². The van der Waals surface area contributed by atoms with Gasteiger partial charge in [0.15, 0.2) is 0 Å². The zero-order valence-corrected chi connectivity index (χ0v) is 19.4. The summed E-state index contributed by atoms with van der Waals surface area (Å²) in [7, 11) is -3.71. The zero-order valence-electron chi connectivity index (χ0n) is 18.6. The van der Waals surface area contributed by atoms with Crippen LogP contribution in [0.1, 0.15) is 54.2 Å². The number of aromatic carboxylic acids is 1. The third kappa shape index (κ3) is 5.98. The standard InChI is InChI=1S/C26H29NO4S/c1-26(2,3)22-14-16-23(17-15-22)32(30,31)27-24-13-5-4-10-20(24)11-6-8-19-9-7-12-21(18-19)25(28)29/h4-5,7,9-10,12-18,27H,6,8,11H2,1-3H3,(H,28,29). The predicted octanol–water partition coefficient (Wildman–Crippen LogP) is 5.66. The number of rotatable bonds is 8. The lowest BCUT2D eigenvalue weighted by Crippen LogP contribution is -2.15. The van der Waals surface area contributed by atoms with Gasteiger partial charge >= 0.3 is 5.97 Å². The fourth-order valence-electron chi connectivity index (χ4n) is 3.52. The number of aryl methyl sites for hydroxylation is 2. The number of benzene rings is 3.